The van der Waals surface area contributed by atoms with E-state index in [0.717, 1.165) is 5.56 Å². The van der Waals surface area contributed by atoms with E-state index in [-0.39, 0.29) is 17.4 Å². The molecular weight excluding hydrogens is 436 g/mol. The summed E-state index contributed by atoms with van der Waals surface area (Å²) in [6, 6.07) is 14.1. The maximum atomic E-state index is 13.4. The largest absolute Gasteiger partial charge is 0.338 e. The number of nitrogens with one attached hydrogen (secondary N) is 1. The molecule has 1 amide bonds. The van der Waals surface area contributed by atoms with Crippen LogP contribution in [0.2, 0.25) is 5.02 Å². The fourth-order valence-electron chi connectivity index (χ4n) is 3.10. The van der Waals surface area contributed by atoms with Crippen LogP contribution >= 0.6 is 23.4 Å². The van der Waals surface area contributed by atoms with Crippen LogP contribution < -0.4 is 10.9 Å². The van der Waals surface area contributed by atoms with Crippen LogP contribution in [0.1, 0.15) is 18.2 Å². The van der Waals surface area contributed by atoms with Gasteiger partial charge < -0.3 is 4.52 Å². The Balaban J connectivity index is 1.78. The van der Waals surface area contributed by atoms with Gasteiger partial charge in [0.15, 0.2) is 5.16 Å². The SMILES string of the molecule is Cc1cc(NC(=O)C(C)Sc2nc3cc(Cl)ccc3c(=O)n2-c2ccccc2C)on1. The van der Waals surface area contributed by atoms with Crippen LogP contribution in [0.5, 0.6) is 0 Å². The quantitative estimate of drug-likeness (QED) is 0.345. The molecule has 0 saturated carbocycles. The van der Waals surface area contributed by atoms with Crippen molar-refractivity contribution in [3.05, 3.63) is 75.2 Å². The number of thioether (sulfide) groups is 1. The molecule has 0 fully saturated rings. The number of fused-ring (bicyclic) bond motifs is 1. The first kappa shape index (κ1) is 21.1. The Morgan fingerprint density at radius 1 is 1.19 bits per heavy atom. The van der Waals surface area contributed by atoms with Gasteiger partial charge in [-0.1, -0.05) is 46.7 Å². The Morgan fingerprint density at radius 2 is 1.97 bits per heavy atom. The highest BCUT2D eigenvalue weighted by Crippen LogP contribution is 2.28. The average molecular weight is 455 g/mol. The van der Waals surface area contributed by atoms with Crippen molar-refractivity contribution in [2.75, 3.05) is 5.32 Å². The van der Waals surface area contributed by atoms with Crippen LogP contribution in [-0.4, -0.2) is 25.9 Å². The van der Waals surface area contributed by atoms with E-state index >= 15 is 0 Å². The van der Waals surface area contributed by atoms with Crippen LogP contribution in [0.4, 0.5) is 5.88 Å². The Labute approximate surface area is 187 Å². The molecule has 1 unspecified atom stereocenters. The normalized spacial score (nSPS) is 12.1. The van der Waals surface area contributed by atoms with Gasteiger partial charge in [-0.2, -0.15) is 0 Å². The molecule has 4 rings (SSSR count). The highest BCUT2D eigenvalue weighted by Gasteiger charge is 2.22. The summed E-state index contributed by atoms with van der Waals surface area (Å²) < 4.78 is 6.60. The molecule has 2 heterocycles. The van der Waals surface area contributed by atoms with E-state index in [1.54, 1.807) is 42.7 Å². The number of benzene rings is 2. The van der Waals surface area contributed by atoms with Crippen molar-refractivity contribution in [3.8, 4) is 5.69 Å². The monoisotopic (exact) mass is 454 g/mol. The summed E-state index contributed by atoms with van der Waals surface area (Å²) in [5.41, 5.74) is 2.53. The van der Waals surface area contributed by atoms with Crippen LogP contribution in [0.15, 0.2) is 63.0 Å². The molecule has 4 aromatic rings. The number of hydrogen-bond donors (Lipinski definition) is 1. The number of carbonyl (C=O) groups excluding carboxylic acids is 1. The van der Waals surface area contributed by atoms with E-state index in [0.29, 0.717) is 32.5 Å². The molecule has 0 aliphatic rings. The number of hydrogen-bond acceptors (Lipinski definition) is 6. The number of anilines is 1. The first-order valence-corrected chi connectivity index (χ1v) is 10.8. The molecule has 2 aromatic carbocycles. The molecule has 1 N–H and O–H groups in total. The first-order valence-electron chi connectivity index (χ1n) is 9.52. The van der Waals surface area contributed by atoms with Gasteiger partial charge in [-0.15, -0.1) is 0 Å². The van der Waals surface area contributed by atoms with Crippen LogP contribution in [0.3, 0.4) is 0 Å². The van der Waals surface area contributed by atoms with E-state index in [1.807, 2.05) is 31.2 Å². The Bertz CT molecular complexity index is 1350. The lowest BCUT2D eigenvalue weighted by atomic mass is 10.2. The summed E-state index contributed by atoms with van der Waals surface area (Å²) in [5, 5.41) is 7.21. The molecule has 9 heteroatoms. The average Bonchev–Trinajstić information content (AvgIpc) is 3.13. The van der Waals surface area contributed by atoms with Crippen molar-refractivity contribution >= 4 is 46.1 Å². The topological polar surface area (TPSA) is 90.0 Å². The molecule has 7 nitrogen and oxygen atoms in total. The molecule has 0 bridgehead atoms. The zero-order chi connectivity index (χ0) is 22.1. The van der Waals surface area contributed by atoms with E-state index in [1.165, 1.54) is 11.8 Å². The third kappa shape index (κ3) is 4.35. The number of carbonyl (C=O) groups is 1. The molecule has 31 heavy (non-hydrogen) atoms. The number of aryl methyl sites for hydroxylation is 2. The summed E-state index contributed by atoms with van der Waals surface area (Å²) in [7, 11) is 0. The summed E-state index contributed by atoms with van der Waals surface area (Å²) in [5.74, 6) is -0.0255. The first-order chi connectivity index (χ1) is 14.8. The molecule has 0 saturated heterocycles. The molecule has 158 valence electrons. The van der Waals surface area contributed by atoms with Crippen molar-refractivity contribution in [1.29, 1.82) is 0 Å². The predicted molar refractivity (Wildman–Crippen MR) is 122 cm³/mol. The maximum absolute atomic E-state index is 13.4. The van der Waals surface area contributed by atoms with Crippen molar-refractivity contribution < 1.29 is 9.32 Å². The maximum Gasteiger partial charge on any atom is 0.266 e. The van der Waals surface area contributed by atoms with Gasteiger partial charge in [0.25, 0.3) is 5.56 Å². The van der Waals surface area contributed by atoms with Gasteiger partial charge in [0, 0.05) is 11.1 Å². The number of amides is 1. The summed E-state index contributed by atoms with van der Waals surface area (Å²) in [6.07, 6.45) is 0. The minimum Gasteiger partial charge on any atom is -0.338 e. The third-order valence-electron chi connectivity index (χ3n) is 4.68. The lowest BCUT2D eigenvalue weighted by Crippen LogP contribution is -2.26. The Kier molecular flexibility index (Phi) is 5.84. The zero-order valence-corrected chi connectivity index (χ0v) is 18.6. The van der Waals surface area contributed by atoms with E-state index in [9.17, 15) is 9.59 Å². The molecule has 0 spiro atoms. The van der Waals surface area contributed by atoms with Crippen molar-refractivity contribution in [1.82, 2.24) is 14.7 Å². The Hall–Kier alpha value is -3.10. The summed E-state index contributed by atoms with van der Waals surface area (Å²) in [4.78, 5) is 30.8. The van der Waals surface area contributed by atoms with Crippen molar-refractivity contribution in [2.24, 2.45) is 0 Å². The molecule has 0 aliphatic carbocycles. The van der Waals surface area contributed by atoms with E-state index in [4.69, 9.17) is 16.1 Å². The third-order valence-corrected chi connectivity index (χ3v) is 5.97. The molecule has 2 aromatic heterocycles. The molecule has 0 radical (unpaired) electrons. The highest BCUT2D eigenvalue weighted by atomic mass is 35.5. The lowest BCUT2D eigenvalue weighted by molar-refractivity contribution is -0.115. The number of aromatic nitrogens is 3. The van der Waals surface area contributed by atoms with Gasteiger partial charge in [0.2, 0.25) is 11.8 Å². The summed E-state index contributed by atoms with van der Waals surface area (Å²) >= 11 is 7.30. The summed E-state index contributed by atoms with van der Waals surface area (Å²) in [6.45, 7) is 5.42. The minimum absolute atomic E-state index is 0.225. The fourth-order valence-corrected chi connectivity index (χ4v) is 4.19. The number of nitrogens with zero attached hydrogens (tertiary/aromatic N) is 3. The molecular formula is C22H19ClN4O3S. The second-order valence-electron chi connectivity index (χ2n) is 7.06. The molecule has 1 atom stereocenters. The fraction of sp³-hybridized carbons (Fsp3) is 0.182. The van der Waals surface area contributed by atoms with Gasteiger partial charge >= 0.3 is 0 Å². The lowest BCUT2D eigenvalue weighted by Gasteiger charge is -2.17. The van der Waals surface area contributed by atoms with Gasteiger partial charge in [-0.3, -0.25) is 19.5 Å². The smallest absolute Gasteiger partial charge is 0.266 e. The highest BCUT2D eigenvalue weighted by molar-refractivity contribution is 8.00. The number of para-hydroxylation sites is 1. The van der Waals surface area contributed by atoms with Crippen molar-refractivity contribution in [3.63, 3.8) is 0 Å². The minimum atomic E-state index is -0.566. The van der Waals surface area contributed by atoms with Crippen LogP contribution in [0, 0.1) is 13.8 Å². The second kappa shape index (κ2) is 8.56. The number of halogens is 1. The van der Waals surface area contributed by atoms with E-state index in [2.05, 4.69) is 15.5 Å². The van der Waals surface area contributed by atoms with E-state index < -0.39 is 5.25 Å². The zero-order valence-electron chi connectivity index (χ0n) is 17.0. The number of rotatable bonds is 5. The van der Waals surface area contributed by atoms with Crippen molar-refractivity contribution in [2.45, 2.75) is 31.2 Å². The van der Waals surface area contributed by atoms with Crippen LogP contribution in [-0.2, 0) is 4.79 Å². The van der Waals surface area contributed by atoms with Gasteiger partial charge in [0.1, 0.15) is 0 Å². The predicted octanol–water partition coefficient (Wildman–Crippen LogP) is 4.76. The Morgan fingerprint density at radius 3 is 2.68 bits per heavy atom. The van der Waals surface area contributed by atoms with Gasteiger partial charge in [-0.05, 0) is 50.6 Å². The van der Waals surface area contributed by atoms with Gasteiger partial charge in [-0.25, -0.2) is 4.98 Å². The van der Waals surface area contributed by atoms with Gasteiger partial charge in [0.05, 0.1) is 27.5 Å². The molecule has 0 aliphatic heterocycles. The van der Waals surface area contributed by atoms with Crippen LogP contribution in [0.25, 0.3) is 16.6 Å². The second-order valence-corrected chi connectivity index (χ2v) is 8.81. The standard InChI is InChI=1S/C22H19ClN4O3S/c1-12-6-4-5-7-18(12)27-21(29)16-9-8-15(23)11-17(16)24-22(27)31-14(3)20(28)25-19-10-13(2)26-30-19/h4-11,14H,1-3H3,(H,25,28).